The Balaban J connectivity index is 4.77. The smallest absolute Gasteiger partial charge is 0.305 e. The quantitative estimate of drug-likeness (QED) is 0.710. The molecule has 0 aromatic rings. The minimum absolute atomic E-state index is 0.128. The van der Waals surface area contributed by atoms with Crippen LogP contribution in [0, 0.1) is 0 Å². The Labute approximate surface area is 80.3 Å². The molecule has 1 unspecified atom stereocenters. The van der Waals surface area contributed by atoms with E-state index in [0.29, 0.717) is 0 Å². The molecule has 0 aliphatic rings. The summed E-state index contributed by atoms with van der Waals surface area (Å²) in [5.41, 5.74) is -1.95. The Morgan fingerprint density at radius 2 is 2.00 bits per heavy atom. The van der Waals surface area contributed by atoms with Crippen molar-refractivity contribution < 1.29 is 23.5 Å². The van der Waals surface area contributed by atoms with Crippen LogP contribution in [0.1, 0.15) is 26.7 Å². The maximum atomic E-state index is 12.6. The van der Waals surface area contributed by atoms with Crippen LogP contribution in [0.25, 0.3) is 0 Å². The van der Waals surface area contributed by atoms with E-state index in [4.69, 9.17) is 5.11 Å². The molecular formula is C8H13F2NO3. The van der Waals surface area contributed by atoms with Crippen LogP contribution >= 0.6 is 0 Å². The van der Waals surface area contributed by atoms with Crippen molar-refractivity contribution >= 4 is 11.9 Å². The largest absolute Gasteiger partial charge is 0.481 e. The molecule has 82 valence electrons. The first-order chi connectivity index (χ1) is 6.34. The van der Waals surface area contributed by atoms with Crippen molar-refractivity contribution in [3.8, 4) is 0 Å². The Kier molecular flexibility index (Phi) is 4.46. The fraction of sp³-hybridized carbons (Fsp3) is 0.750. The fourth-order valence-electron chi connectivity index (χ4n) is 1.16. The molecule has 0 saturated carbocycles. The van der Waals surface area contributed by atoms with Gasteiger partial charge in [0.2, 0.25) is 5.91 Å². The lowest BCUT2D eigenvalue weighted by atomic mass is 9.92. The van der Waals surface area contributed by atoms with Gasteiger partial charge < -0.3 is 10.4 Å². The van der Waals surface area contributed by atoms with Gasteiger partial charge >= 0.3 is 5.97 Å². The van der Waals surface area contributed by atoms with Gasteiger partial charge in [0, 0.05) is 6.92 Å². The minimum Gasteiger partial charge on any atom is -0.481 e. The zero-order chi connectivity index (χ0) is 11.4. The maximum Gasteiger partial charge on any atom is 0.305 e. The first kappa shape index (κ1) is 12.8. The lowest BCUT2D eigenvalue weighted by molar-refractivity contribution is -0.142. The van der Waals surface area contributed by atoms with Crippen molar-refractivity contribution in [2.24, 2.45) is 0 Å². The number of aliphatic carboxylic acids is 1. The van der Waals surface area contributed by atoms with Crippen molar-refractivity contribution in [1.82, 2.24) is 5.32 Å². The molecule has 0 aliphatic heterocycles. The van der Waals surface area contributed by atoms with Gasteiger partial charge in [0.15, 0.2) is 0 Å². The van der Waals surface area contributed by atoms with Crippen molar-refractivity contribution in [3.05, 3.63) is 0 Å². The summed E-state index contributed by atoms with van der Waals surface area (Å²) in [7, 11) is 0. The number of carboxylic acids is 1. The lowest BCUT2D eigenvalue weighted by Gasteiger charge is -2.30. The summed E-state index contributed by atoms with van der Waals surface area (Å²) in [6, 6.07) is 0. The van der Waals surface area contributed by atoms with Crippen LogP contribution < -0.4 is 5.32 Å². The van der Waals surface area contributed by atoms with Gasteiger partial charge in [-0.2, -0.15) is 0 Å². The number of alkyl halides is 2. The Morgan fingerprint density at radius 3 is 2.21 bits per heavy atom. The molecule has 2 N–H and O–H groups in total. The molecule has 0 saturated heterocycles. The third kappa shape index (κ3) is 3.27. The topological polar surface area (TPSA) is 66.4 Å². The lowest BCUT2D eigenvalue weighted by Crippen LogP contribution is -2.54. The van der Waals surface area contributed by atoms with Crippen LogP contribution in [-0.4, -0.2) is 28.9 Å². The van der Waals surface area contributed by atoms with E-state index in [2.05, 4.69) is 0 Å². The van der Waals surface area contributed by atoms with E-state index in [1.165, 1.54) is 6.92 Å². The number of carboxylic acid groups (broad SMARTS) is 1. The van der Waals surface area contributed by atoms with Crippen molar-refractivity contribution in [1.29, 1.82) is 0 Å². The molecule has 0 spiro atoms. The van der Waals surface area contributed by atoms with E-state index in [1.54, 1.807) is 0 Å². The zero-order valence-corrected chi connectivity index (χ0v) is 8.01. The summed E-state index contributed by atoms with van der Waals surface area (Å²) in [5, 5.41) is 10.5. The van der Waals surface area contributed by atoms with E-state index in [1.807, 2.05) is 5.32 Å². The summed E-state index contributed by atoms with van der Waals surface area (Å²) in [5.74, 6) is -2.02. The highest BCUT2D eigenvalue weighted by Crippen LogP contribution is 2.24. The second kappa shape index (κ2) is 4.88. The number of halogens is 2. The summed E-state index contributed by atoms with van der Waals surface area (Å²) < 4.78 is 25.2. The molecule has 0 bridgehead atoms. The highest BCUT2D eigenvalue weighted by atomic mass is 19.3. The number of hydrogen-bond acceptors (Lipinski definition) is 2. The predicted molar refractivity (Wildman–Crippen MR) is 45.1 cm³/mol. The van der Waals surface area contributed by atoms with Crippen LogP contribution in [-0.2, 0) is 9.59 Å². The van der Waals surface area contributed by atoms with Crippen molar-refractivity contribution in [2.45, 2.75) is 38.7 Å². The monoisotopic (exact) mass is 209 g/mol. The normalized spacial score (nSPS) is 14.9. The molecular weight excluding hydrogens is 196 g/mol. The Bertz CT molecular complexity index is 215. The van der Waals surface area contributed by atoms with E-state index in [0.717, 1.165) is 6.92 Å². The molecule has 0 fully saturated rings. The maximum absolute atomic E-state index is 12.6. The number of carbonyl (C=O) groups excluding carboxylic acids is 1. The van der Waals surface area contributed by atoms with Crippen LogP contribution in [0.5, 0.6) is 0 Å². The van der Waals surface area contributed by atoms with Gasteiger partial charge in [0.05, 0.1) is 6.42 Å². The summed E-state index contributed by atoms with van der Waals surface area (Å²) >= 11 is 0. The van der Waals surface area contributed by atoms with Crippen LogP contribution in [0.4, 0.5) is 8.78 Å². The first-order valence-corrected chi connectivity index (χ1v) is 4.12. The van der Waals surface area contributed by atoms with Gasteiger partial charge in [-0.15, -0.1) is 0 Å². The molecule has 0 radical (unpaired) electrons. The van der Waals surface area contributed by atoms with Gasteiger partial charge in [-0.3, -0.25) is 9.59 Å². The van der Waals surface area contributed by atoms with Crippen LogP contribution in [0.15, 0.2) is 0 Å². The number of hydrogen-bond donors (Lipinski definition) is 2. The minimum atomic E-state index is -2.90. The van der Waals surface area contributed by atoms with Gasteiger partial charge in [0.25, 0.3) is 6.43 Å². The number of rotatable bonds is 5. The van der Waals surface area contributed by atoms with Gasteiger partial charge in [0.1, 0.15) is 5.54 Å². The van der Waals surface area contributed by atoms with Gasteiger partial charge in [-0.25, -0.2) is 8.78 Å². The van der Waals surface area contributed by atoms with E-state index >= 15 is 0 Å². The van der Waals surface area contributed by atoms with Gasteiger partial charge in [-0.05, 0) is 6.42 Å². The fourth-order valence-corrected chi connectivity index (χ4v) is 1.16. The summed E-state index contributed by atoms with van der Waals surface area (Å²) in [6.45, 7) is 2.49. The third-order valence-electron chi connectivity index (χ3n) is 1.94. The highest BCUT2D eigenvalue weighted by Gasteiger charge is 2.41. The molecule has 1 amide bonds. The standard InChI is InChI=1S/C8H13F2NO3/c1-3-8(7(9)10,4-6(13)14)11-5(2)12/h7H,3-4H2,1-2H3,(H,11,12)(H,13,14). The van der Waals surface area contributed by atoms with Crippen molar-refractivity contribution in [2.75, 3.05) is 0 Å². The number of carbonyl (C=O) groups is 2. The molecule has 1 atom stereocenters. The van der Waals surface area contributed by atoms with Gasteiger partial charge in [-0.1, -0.05) is 6.92 Å². The number of amides is 1. The number of nitrogens with one attached hydrogen (secondary N) is 1. The van der Waals surface area contributed by atoms with E-state index in [-0.39, 0.29) is 6.42 Å². The molecule has 0 aromatic heterocycles. The van der Waals surface area contributed by atoms with Crippen molar-refractivity contribution in [3.63, 3.8) is 0 Å². The average Bonchev–Trinajstić information content (AvgIpc) is 2.00. The molecule has 6 heteroatoms. The second-order valence-electron chi connectivity index (χ2n) is 3.06. The molecule has 4 nitrogen and oxygen atoms in total. The molecule has 0 heterocycles. The third-order valence-corrected chi connectivity index (χ3v) is 1.94. The molecule has 0 aliphatic carbocycles. The molecule has 0 rings (SSSR count). The Morgan fingerprint density at radius 1 is 1.50 bits per heavy atom. The molecule has 14 heavy (non-hydrogen) atoms. The summed E-state index contributed by atoms with van der Waals surface area (Å²) in [4.78, 5) is 21.0. The Hall–Kier alpha value is -1.20. The highest BCUT2D eigenvalue weighted by molar-refractivity contribution is 5.76. The zero-order valence-electron chi connectivity index (χ0n) is 8.01. The van der Waals surface area contributed by atoms with E-state index in [9.17, 15) is 18.4 Å². The average molecular weight is 209 g/mol. The van der Waals surface area contributed by atoms with Crippen LogP contribution in [0.3, 0.4) is 0 Å². The second-order valence-corrected chi connectivity index (χ2v) is 3.06. The SMILES string of the molecule is CCC(CC(=O)O)(NC(C)=O)C(F)F. The predicted octanol–water partition coefficient (Wildman–Crippen LogP) is 1.01. The molecule has 0 aromatic carbocycles. The first-order valence-electron chi connectivity index (χ1n) is 4.12. The van der Waals surface area contributed by atoms with E-state index < -0.39 is 30.3 Å². The van der Waals surface area contributed by atoms with Crippen LogP contribution in [0.2, 0.25) is 0 Å². The summed E-state index contributed by atoms with van der Waals surface area (Å²) in [6.07, 6.45) is -3.80.